The van der Waals surface area contributed by atoms with E-state index in [4.69, 9.17) is 0 Å². The van der Waals surface area contributed by atoms with Crippen molar-refractivity contribution < 1.29 is 4.79 Å². The Morgan fingerprint density at radius 2 is 1.90 bits per heavy atom. The van der Waals surface area contributed by atoms with Gasteiger partial charge in [0.1, 0.15) is 5.69 Å². The Labute approximate surface area is 170 Å². The highest BCUT2D eigenvalue weighted by molar-refractivity contribution is 5.94. The molecule has 5 nitrogen and oxygen atoms in total. The molecule has 0 atom stereocenters. The zero-order valence-corrected chi connectivity index (χ0v) is 16.6. The lowest BCUT2D eigenvalue weighted by Crippen LogP contribution is -2.05. The second-order valence-electron chi connectivity index (χ2n) is 7.85. The molecule has 2 aromatic heterocycles. The van der Waals surface area contributed by atoms with Gasteiger partial charge in [0.25, 0.3) is 0 Å². The van der Waals surface area contributed by atoms with Crippen molar-refractivity contribution in [2.45, 2.75) is 45.6 Å². The summed E-state index contributed by atoms with van der Waals surface area (Å²) in [4.78, 5) is 11.7. The van der Waals surface area contributed by atoms with E-state index in [-0.39, 0.29) is 5.78 Å². The van der Waals surface area contributed by atoms with Gasteiger partial charge in [0.05, 0.1) is 18.4 Å². The zero-order valence-electron chi connectivity index (χ0n) is 16.6. The van der Waals surface area contributed by atoms with E-state index in [2.05, 4.69) is 39.1 Å². The number of rotatable bonds is 4. The van der Waals surface area contributed by atoms with E-state index in [0.717, 1.165) is 24.2 Å². The minimum Gasteiger partial charge on any atom is -0.338 e. The molecule has 5 rings (SSSR count). The standard InChI is InChI=1S/C24H24N4O/c1-17(29)18-8-7-9-20(14-18)28-16-19(25-26-28)15-27-23-12-4-2-3-10-21(23)22-11-5-6-13-24(22)27/h5-9,11,13-14,16H,2-4,10,12,15H2,1H3. The average Bonchev–Trinajstić information content (AvgIpc) is 3.23. The SMILES string of the molecule is CC(=O)c1cccc(-n2cc(Cn3c4c(c5ccccc53)CCCCC4)nn2)c1. The van der Waals surface area contributed by atoms with Crippen LogP contribution in [0, 0.1) is 0 Å². The van der Waals surface area contributed by atoms with Crippen molar-refractivity contribution in [3.05, 3.63) is 77.2 Å². The van der Waals surface area contributed by atoms with Crippen molar-refractivity contribution in [1.82, 2.24) is 19.6 Å². The van der Waals surface area contributed by atoms with Crippen molar-refractivity contribution in [1.29, 1.82) is 0 Å². The topological polar surface area (TPSA) is 52.7 Å². The zero-order chi connectivity index (χ0) is 19.8. The summed E-state index contributed by atoms with van der Waals surface area (Å²) in [6.45, 7) is 2.29. The van der Waals surface area contributed by atoms with Gasteiger partial charge >= 0.3 is 0 Å². The van der Waals surface area contributed by atoms with Gasteiger partial charge in [-0.05, 0) is 56.4 Å². The molecule has 146 valence electrons. The minimum atomic E-state index is 0.0497. The highest BCUT2D eigenvalue weighted by Crippen LogP contribution is 2.32. The van der Waals surface area contributed by atoms with E-state index in [1.165, 1.54) is 41.4 Å². The Kier molecular flexibility index (Phi) is 4.51. The molecular formula is C24H24N4O. The fourth-order valence-electron chi connectivity index (χ4n) is 4.47. The summed E-state index contributed by atoms with van der Waals surface area (Å²) in [6, 6.07) is 16.2. The van der Waals surface area contributed by atoms with Crippen LogP contribution in [0.4, 0.5) is 0 Å². The molecule has 0 aliphatic heterocycles. The van der Waals surface area contributed by atoms with Crippen LogP contribution in [0.2, 0.25) is 0 Å². The summed E-state index contributed by atoms with van der Waals surface area (Å²) >= 11 is 0. The minimum absolute atomic E-state index is 0.0497. The molecule has 0 unspecified atom stereocenters. The van der Waals surface area contributed by atoms with Crippen LogP contribution in [0.3, 0.4) is 0 Å². The highest BCUT2D eigenvalue weighted by Gasteiger charge is 2.19. The van der Waals surface area contributed by atoms with E-state index in [1.54, 1.807) is 11.6 Å². The quantitative estimate of drug-likeness (QED) is 0.377. The van der Waals surface area contributed by atoms with E-state index < -0.39 is 0 Å². The lowest BCUT2D eigenvalue weighted by atomic mass is 10.1. The Balaban J connectivity index is 1.52. The monoisotopic (exact) mass is 384 g/mol. The molecule has 0 radical (unpaired) electrons. The number of hydrogen-bond acceptors (Lipinski definition) is 3. The lowest BCUT2D eigenvalue weighted by molar-refractivity contribution is 0.101. The van der Waals surface area contributed by atoms with Crippen LogP contribution < -0.4 is 0 Å². The molecule has 29 heavy (non-hydrogen) atoms. The first-order valence-corrected chi connectivity index (χ1v) is 10.3. The smallest absolute Gasteiger partial charge is 0.159 e. The van der Waals surface area contributed by atoms with Crippen molar-refractivity contribution in [3.63, 3.8) is 0 Å². The number of hydrogen-bond donors (Lipinski definition) is 0. The third kappa shape index (κ3) is 3.27. The van der Waals surface area contributed by atoms with E-state index in [9.17, 15) is 4.79 Å². The highest BCUT2D eigenvalue weighted by atomic mass is 16.1. The van der Waals surface area contributed by atoms with Crippen molar-refractivity contribution >= 4 is 16.7 Å². The number of Topliss-reactive ketones (excluding diaryl/α,β-unsaturated/α-hetero) is 1. The third-order valence-corrected chi connectivity index (χ3v) is 5.91. The fraction of sp³-hybridized carbons (Fsp3) is 0.292. The van der Waals surface area contributed by atoms with Gasteiger partial charge in [-0.25, -0.2) is 4.68 Å². The molecule has 0 bridgehead atoms. The van der Waals surface area contributed by atoms with Crippen molar-refractivity contribution in [2.75, 3.05) is 0 Å². The number of aromatic nitrogens is 4. The second kappa shape index (κ2) is 7.32. The molecule has 1 aliphatic carbocycles. The van der Waals surface area contributed by atoms with Gasteiger partial charge < -0.3 is 4.57 Å². The molecule has 0 N–H and O–H groups in total. The predicted molar refractivity (Wildman–Crippen MR) is 114 cm³/mol. The number of para-hydroxylation sites is 1. The van der Waals surface area contributed by atoms with E-state index in [1.807, 2.05) is 30.5 Å². The van der Waals surface area contributed by atoms with Crippen molar-refractivity contribution in [2.24, 2.45) is 0 Å². The summed E-state index contributed by atoms with van der Waals surface area (Å²) in [6.07, 6.45) is 8.06. The normalized spacial score (nSPS) is 14.0. The Morgan fingerprint density at radius 1 is 1.03 bits per heavy atom. The molecule has 0 saturated carbocycles. The number of aryl methyl sites for hydroxylation is 1. The largest absolute Gasteiger partial charge is 0.338 e. The molecule has 1 aliphatic rings. The Bertz CT molecular complexity index is 1200. The number of benzene rings is 2. The van der Waals surface area contributed by atoms with Gasteiger partial charge in [-0.3, -0.25) is 4.79 Å². The molecule has 2 aromatic carbocycles. The number of carbonyl (C=O) groups is 1. The summed E-state index contributed by atoms with van der Waals surface area (Å²) in [5.41, 5.74) is 6.71. The van der Waals surface area contributed by atoms with E-state index >= 15 is 0 Å². The first kappa shape index (κ1) is 17.9. The molecule has 4 aromatic rings. The number of fused-ring (bicyclic) bond motifs is 3. The maximum Gasteiger partial charge on any atom is 0.159 e. The Hall–Kier alpha value is -3.21. The fourth-order valence-corrected chi connectivity index (χ4v) is 4.47. The van der Waals surface area contributed by atoms with Crippen LogP contribution >= 0.6 is 0 Å². The number of ketones is 1. The van der Waals surface area contributed by atoms with Gasteiger partial charge in [0.15, 0.2) is 5.78 Å². The van der Waals surface area contributed by atoms with Crippen LogP contribution in [0.1, 0.15) is 53.5 Å². The van der Waals surface area contributed by atoms with Gasteiger partial charge in [-0.2, -0.15) is 0 Å². The molecule has 2 heterocycles. The second-order valence-corrected chi connectivity index (χ2v) is 7.85. The first-order valence-electron chi connectivity index (χ1n) is 10.3. The lowest BCUT2D eigenvalue weighted by Gasteiger charge is -2.09. The van der Waals surface area contributed by atoms with Gasteiger partial charge in [0.2, 0.25) is 0 Å². The van der Waals surface area contributed by atoms with Crippen LogP contribution in [0.5, 0.6) is 0 Å². The molecule has 0 saturated heterocycles. The summed E-state index contributed by atoms with van der Waals surface area (Å²) in [5.74, 6) is 0.0497. The van der Waals surface area contributed by atoms with Crippen LogP contribution in [-0.4, -0.2) is 25.3 Å². The van der Waals surface area contributed by atoms with Gasteiger partial charge in [-0.1, -0.05) is 42.0 Å². The molecular weight excluding hydrogens is 360 g/mol. The van der Waals surface area contributed by atoms with Gasteiger partial charge in [-0.15, -0.1) is 5.10 Å². The molecule has 5 heteroatoms. The summed E-state index contributed by atoms with van der Waals surface area (Å²) < 4.78 is 4.18. The van der Waals surface area contributed by atoms with Crippen molar-refractivity contribution in [3.8, 4) is 5.69 Å². The maximum absolute atomic E-state index is 11.7. The molecule has 0 spiro atoms. The van der Waals surface area contributed by atoms with Crippen LogP contribution in [0.15, 0.2) is 54.7 Å². The van der Waals surface area contributed by atoms with Gasteiger partial charge in [0, 0.05) is 22.2 Å². The maximum atomic E-state index is 11.7. The summed E-state index contributed by atoms with van der Waals surface area (Å²) in [5, 5.41) is 10.1. The van der Waals surface area contributed by atoms with Crippen LogP contribution in [-0.2, 0) is 19.4 Å². The number of nitrogens with zero attached hydrogens (tertiary/aromatic N) is 4. The van der Waals surface area contributed by atoms with Crippen LogP contribution in [0.25, 0.3) is 16.6 Å². The average molecular weight is 384 g/mol. The van der Waals surface area contributed by atoms with E-state index in [0.29, 0.717) is 12.1 Å². The summed E-state index contributed by atoms with van der Waals surface area (Å²) in [7, 11) is 0. The molecule has 0 fully saturated rings. The third-order valence-electron chi connectivity index (χ3n) is 5.91. The molecule has 0 amide bonds. The Morgan fingerprint density at radius 3 is 2.79 bits per heavy atom. The number of carbonyl (C=O) groups excluding carboxylic acids is 1. The predicted octanol–water partition coefficient (Wildman–Crippen LogP) is 4.74. The first-order chi connectivity index (χ1) is 14.2.